The van der Waals surface area contributed by atoms with Crippen molar-refractivity contribution in [2.75, 3.05) is 6.61 Å². The molecule has 0 aromatic carbocycles. The molecule has 0 heterocycles. The fourth-order valence-electron chi connectivity index (χ4n) is 0.948. The third kappa shape index (κ3) is 7.39. The predicted molar refractivity (Wildman–Crippen MR) is 68.8 cm³/mol. The summed E-state index contributed by atoms with van der Waals surface area (Å²) in [5.41, 5.74) is -1.86. The Morgan fingerprint density at radius 2 is 1.10 bits per heavy atom. The van der Waals surface area contributed by atoms with Gasteiger partial charge in [-0.3, -0.25) is 22.4 Å². The van der Waals surface area contributed by atoms with Crippen molar-refractivity contribution in [3.05, 3.63) is 0 Å². The van der Waals surface area contributed by atoms with E-state index in [1.165, 1.54) is 0 Å². The minimum atomic E-state index is -3.16. The molecule has 0 saturated carbocycles. The molecule has 4 atom stereocenters. The van der Waals surface area contributed by atoms with Crippen LogP contribution in [0, 0.1) is 5.41 Å². The summed E-state index contributed by atoms with van der Waals surface area (Å²) in [5.74, 6) is -3.02. The average molecular weight is 392 g/mol. The molecular formula is C5H12O12S4. The lowest BCUT2D eigenvalue weighted by atomic mass is 9.92. The van der Waals surface area contributed by atoms with Crippen LogP contribution in [-0.4, -0.2) is 47.6 Å². The second kappa shape index (κ2) is 8.79. The van der Waals surface area contributed by atoms with Crippen LogP contribution in [0.25, 0.3) is 0 Å². The molecular weight excluding hydrogens is 380 g/mol. The van der Waals surface area contributed by atoms with Crippen molar-refractivity contribution < 1.29 is 51.8 Å². The van der Waals surface area contributed by atoms with Gasteiger partial charge in [0.2, 0.25) is 0 Å². The van der Waals surface area contributed by atoms with Gasteiger partial charge in [-0.25, -0.2) is 12.5 Å². The van der Waals surface area contributed by atoms with Gasteiger partial charge in [-0.15, -0.1) is 0 Å². The van der Waals surface area contributed by atoms with Crippen LogP contribution in [-0.2, 0) is 62.2 Å². The van der Waals surface area contributed by atoms with Gasteiger partial charge in [-0.05, 0) is 13.8 Å². The van der Waals surface area contributed by atoms with Crippen LogP contribution in [0.4, 0.5) is 0 Å². The first kappa shape index (κ1) is 21.3. The Labute approximate surface area is 129 Å². The zero-order valence-corrected chi connectivity index (χ0v) is 13.7. The van der Waals surface area contributed by atoms with Crippen molar-refractivity contribution in [3.8, 4) is 0 Å². The zero-order valence-electron chi connectivity index (χ0n) is 10.4. The molecule has 0 aliphatic carbocycles. The van der Waals surface area contributed by atoms with Gasteiger partial charge in [0.05, 0.1) is 12.0 Å². The smallest absolute Gasteiger partial charge is 0.284 e. The van der Waals surface area contributed by atoms with E-state index in [0.29, 0.717) is 0 Å². The van der Waals surface area contributed by atoms with E-state index in [-0.39, 0.29) is 0 Å². The van der Waals surface area contributed by atoms with E-state index in [4.69, 9.17) is 18.2 Å². The van der Waals surface area contributed by atoms with E-state index in [0.717, 1.165) is 13.8 Å². The molecule has 0 aromatic rings. The minimum absolute atomic E-state index is 0.790. The van der Waals surface area contributed by atoms with Crippen molar-refractivity contribution in [2.45, 2.75) is 19.8 Å². The highest BCUT2D eigenvalue weighted by Crippen LogP contribution is 2.39. The second-order valence-electron chi connectivity index (χ2n) is 3.82. The average Bonchev–Trinajstić information content (AvgIpc) is 2.23. The Morgan fingerprint density at radius 1 is 0.762 bits per heavy atom. The van der Waals surface area contributed by atoms with Crippen molar-refractivity contribution in [1.29, 1.82) is 0 Å². The SMILES string of the molecule is CC(C)(COS(=O)O)C(OS(=O)O)(OS(=O)O)OS(=O)O. The molecule has 21 heavy (non-hydrogen) atoms. The van der Waals surface area contributed by atoms with E-state index in [2.05, 4.69) is 16.7 Å². The van der Waals surface area contributed by atoms with Crippen LogP contribution in [0.15, 0.2) is 0 Å². The summed E-state index contributed by atoms with van der Waals surface area (Å²) in [6.07, 6.45) is 0. The van der Waals surface area contributed by atoms with Crippen molar-refractivity contribution >= 4 is 45.4 Å². The quantitative estimate of drug-likeness (QED) is 0.270. The lowest BCUT2D eigenvalue weighted by molar-refractivity contribution is -0.312. The van der Waals surface area contributed by atoms with E-state index in [1.54, 1.807) is 0 Å². The lowest BCUT2D eigenvalue weighted by Gasteiger charge is -2.39. The molecule has 16 heteroatoms. The van der Waals surface area contributed by atoms with E-state index >= 15 is 0 Å². The van der Waals surface area contributed by atoms with Gasteiger partial charge in [0, 0.05) is 0 Å². The maximum atomic E-state index is 10.8. The van der Waals surface area contributed by atoms with Gasteiger partial charge >= 0.3 is 51.4 Å². The fourth-order valence-corrected chi connectivity index (χ4v) is 2.92. The fraction of sp³-hybridized carbons (Fsp3) is 1.00. The molecule has 0 spiro atoms. The summed E-state index contributed by atoms with van der Waals surface area (Å²) < 4.78 is 94.7. The minimum Gasteiger partial charge on any atom is -0.284 e. The Morgan fingerprint density at radius 3 is 1.33 bits per heavy atom. The maximum absolute atomic E-state index is 10.8. The maximum Gasteiger partial charge on any atom is 0.334 e. The highest BCUT2D eigenvalue weighted by atomic mass is 32.2. The Hall–Kier alpha value is 0.280. The first-order chi connectivity index (χ1) is 9.42. The molecule has 0 amide bonds. The molecule has 0 bridgehead atoms. The number of rotatable bonds is 10. The van der Waals surface area contributed by atoms with Crippen LogP contribution in [0.5, 0.6) is 0 Å². The van der Waals surface area contributed by atoms with Gasteiger partial charge in [0.15, 0.2) is 0 Å². The van der Waals surface area contributed by atoms with Crippen molar-refractivity contribution in [1.82, 2.24) is 0 Å². The molecule has 4 unspecified atom stereocenters. The van der Waals surface area contributed by atoms with E-state index < -0.39 is 63.4 Å². The van der Waals surface area contributed by atoms with Gasteiger partial charge in [0.1, 0.15) is 0 Å². The van der Waals surface area contributed by atoms with Gasteiger partial charge in [0.25, 0.3) is 0 Å². The Bertz CT molecular complexity index is 406. The summed E-state index contributed by atoms with van der Waals surface area (Å²) in [4.78, 5) is 0. The highest BCUT2D eigenvalue weighted by molar-refractivity contribution is 7.75. The summed E-state index contributed by atoms with van der Waals surface area (Å²) >= 11 is -12.3. The molecule has 4 N–H and O–H groups in total. The summed E-state index contributed by atoms with van der Waals surface area (Å²) in [6.45, 7) is 1.36. The Balaban J connectivity index is 5.67. The van der Waals surface area contributed by atoms with Crippen LogP contribution in [0.3, 0.4) is 0 Å². The highest BCUT2D eigenvalue weighted by Gasteiger charge is 2.56. The largest absolute Gasteiger partial charge is 0.334 e. The predicted octanol–water partition coefficient (Wildman–Crippen LogP) is -0.720. The third-order valence-electron chi connectivity index (χ3n) is 1.89. The molecule has 0 radical (unpaired) electrons. The van der Waals surface area contributed by atoms with Crippen LogP contribution in [0.2, 0.25) is 0 Å². The zero-order chi connectivity index (χ0) is 16.8. The van der Waals surface area contributed by atoms with Crippen molar-refractivity contribution in [2.24, 2.45) is 5.41 Å². The molecule has 12 nitrogen and oxygen atoms in total. The molecule has 0 aliphatic rings. The first-order valence-corrected chi connectivity index (χ1v) is 8.70. The number of hydrogen-bond acceptors (Lipinski definition) is 8. The molecule has 0 aliphatic heterocycles. The number of hydrogen-bond donors (Lipinski definition) is 4. The second-order valence-corrected chi connectivity index (χ2v) is 6.29. The molecule has 0 fully saturated rings. The topological polar surface area (TPSA) is 186 Å². The standard InChI is InChI=1S/C5H12O12S4/c1-4(2,3-14-18(6)7)5(15-19(8)9,16-20(10)11)17-21(12)13/h3H2,1-2H3,(H,6,7)(H,8,9)(H,10,11)(H,12,13). The van der Waals surface area contributed by atoms with Gasteiger partial charge in [-0.2, -0.15) is 16.8 Å². The van der Waals surface area contributed by atoms with Crippen LogP contribution in [0.1, 0.15) is 13.8 Å². The van der Waals surface area contributed by atoms with Crippen LogP contribution < -0.4 is 0 Å². The monoisotopic (exact) mass is 392 g/mol. The summed E-state index contributed by atoms with van der Waals surface area (Å²) in [7, 11) is 0. The van der Waals surface area contributed by atoms with Gasteiger partial charge < -0.3 is 0 Å². The van der Waals surface area contributed by atoms with Crippen molar-refractivity contribution in [3.63, 3.8) is 0 Å². The molecule has 0 aromatic heterocycles. The molecule has 0 rings (SSSR count). The van der Waals surface area contributed by atoms with E-state index in [9.17, 15) is 16.8 Å². The normalized spacial score (nSPS) is 21.2. The lowest BCUT2D eigenvalue weighted by Crippen LogP contribution is -2.54. The third-order valence-corrected chi connectivity index (χ3v) is 3.30. The summed E-state index contributed by atoms with van der Waals surface area (Å²) in [6, 6.07) is 0. The molecule has 0 saturated heterocycles. The Kier molecular flexibility index (Phi) is 8.91. The first-order valence-electron chi connectivity index (χ1n) is 4.57. The van der Waals surface area contributed by atoms with Crippen LogP contribution >= 0.6 is 0 Å². The van der Waals surface area contributed by atoms with Gasteiger partial charge in [-0.1, -0.05) is 0 Å². The van der Waals surface area contributed by atoms with E-state index in [1.807, 2.05) is 0 Å². The molecule has 128 valence electrons. The summed E-state index contributed by atoms with van der Waals surface area (Å²) in [5, 5.41) is 0.